The van der Waals surface area contributed by atoms with Crippen molar-refractivity contribution in [2.45, 2.75) is 38.8 Å². The van der Waals surface area contributed by atoms with E-state index in [9.17, 15) is 0 Å². The number of nitrogens with zero attached hydrogens (tertiary/aromatic N) is 1. The van der Waals surface area contributed by atoms with E-state index in [0.29, 0.717) is 6.04 Å². The molecule has 1 aliphatic heterocycles. The molecule has 1 atom stereocenters. The number of hydrogen-bond donors (Lipinski definition) is 1. The largest absolute Gasteiger partial charge is 0.361 e. The van der Waals surface area contributed by atoms with Gasteiger partial charge in [0, 0.05) is 18.1 Å². The van der Waals surface area contributed by atoms with Crippen LogP contribution in [-0.4, -0.2) is 24.7 Å². The van der Waals surface area contributed by atoms with Crippen molar-refractivity contribution in [1.29, 1.82) is 0 Å². The predicted octanol–water partition coefficient (Wildman–Crippen LogP) is 3.31. The van der Waals surface area contributed by atoms with E-state index in [2.05, 4.69) is 43.1 Å². The standard InChI is InChI=1S/C14H21ClN2/c1-11-8-9-16-10-14(2,3)17(11)13-7-5-4-6-12(13)15/h4-7,11,16H,8-10H2,1-3H3. The maximum absolute atomic E-state index is 6.34. The van der Waals surface area contributed by atoms with Gasteiger partial charge >= 0.3 is 0 Å². The fraction of sp³-hybridized carbons (Fsp3) is 0.571. The maximum Gasteiger partial charge on any atom is 0.0639 e. The van der Waals surface area contributed by atoms with Gasteiger partial charge in [-0.2, -0.15) is 0 Å². The van der Waals surface area contributed by atoms with Crippen molar-refractivity contribution < 1.29 is 0 Å². The summed E-state index contributed by atoms with van der Waals surface area (Å²) in [4.78, 5) is 2.45. The van der Waals surface area contributed by atoms with E-state index in [1.54, 1.807) is 0 Å². The third-order valence-electron chi connectivity index (χ3n) is 3.50. The van der Waals surface area contributed by atoms with Crippen LogP contribution >= 0.6 is 11.6 Å². The summed E-state index contributed by atoms with van der Waals surface area (Å²) in [6.45, 7) is 8.88. The van der Waals surface area contributed by atoms with Gasteiger partial charge in [0.25, 0.3) is 0 Å². The van der Waals surface area contributed by atoms with E-state index in [1.807, 2.05) is 12.1 Å². The average Bonchev–Trinajstić information content (AvgIpc) is 2.39. The molecule has 1 fully saturated rings. The van der Waals surface area contributed by atoms with E-state index < -0.39 is 0 Å². The third-order valence-corrected chi connectivity index (χ3v) is 3.82. The molecule has 1 aromatic carbocycles. The van der Waals surface area contributed by atoms with Crippen LogP contribution in [0.3, 0.4) is 0 Å². The number of halogens is 1. The molecule has 0 amide bonds. The van der Waals surface area contributed by atoms with Gasteiger partial charge in [0.1, 0.15) is 0 Å². The number of rotatable bonds is 1. The summed E-state index contributed by atoms with van der Waals surface area (Å²) in [6, 6.07) is 8.63. The summed E-state index contributed by atoms with van der Waals surface area (Å²) in [6.07, 6.45) is 1.15. The second kappa shape index (κ2) is 4.87. The SMILES string of the molecule is CC1CCNCC(C)(C)N1c1ccccc1Cl. The molecule has 1 saturated heterocycles. The van der Waals surface area contributed by atoms with Gasteiger partial charge in [0.2, 0.25) is 0 Å². The number of hydrogen-bond acceptors (Lipinski definition) is 2. The molecule has 1 unspecified atom stereocenters. The summed E-state index contributed by atoms with van der Waals surface area (Å²) < 4.78 is 0. The molecule has 2 nitrogen and oxygen atoms in total. The van der Waals surface area contributed by atoms with Crippen molar-refractivity contribution in [3.8, 4) is 0 Å². The molecule has 1 heterocycles. The Morgan fingerprint density at radius 3 is 2.76 bits per heavy atom. The number of nitrogens with one attached hydrogen (secondary N) is 1. The van der Waals surface area contributed by atoms with E-state index >= 15 is 0 Å². The first-order valence-electron chi connectivity index (χ1n) is 6.27. The minimum Gasteiger partial charge on any atom is -0.361 e. The van der Waals surface area contributed by atoms with Crippen molar-refractivity contribution in [2.75, 3.05) is 18.0 Å². The number of anilines is 1. The van der Waals surface area contributed by atoms with Gasteiger partial charge in [-0.25, -0.2) is 0 Å². The highest BCUT2D eigenvalue weighted by Crippen LogP contribution is 2.34. The maximum atomic E-state index is 6.34. The Bertz CT molecular complexity index is 390. The zero-order valence-corrected chi connectivity index (χ0v) is 11.6. The summed E-state index contributed by atoms with van der Waals surface area (Å²) in [5, 5.41) is 4.34. The van der Waals surface area contributed by atoms with Crippen LogP contribution in [0.15, 0.2) is 24.3 Å². The third kappa shape index (κ3) is 2.58. The van der Waals surface area contributed by atoms with Crippen LogP contribution in [0.2, 0.25) is 5.02 Å². The molecule has 2 rings (SSSR count). The van der Waals surface area contributed by atoms with Gasteiger partial charge < -0.3 is 10.2 Å². The van der Waals surface area contributed by atoms with Crippen LogP contribution in [0.25, 0.3) is 0 Å². The van der Waals surface area contributed by atoms with Crippen molar-refractivity contribution >= 4 is 17.3 Å². The molecular formula is C14H21ClN2. The first-order valence-corrected chi connectivity index (χ1v) is 6.65. The number of para-hydroxylation sites is 1. The lowest BCUT2D eigenvalue weighted by Crippen LogP contribution is -2.52. The van der Waals surface area contributed by atoms with Crippen molar-refractivity contribution in [1.82, 2.24) is 5.32 Å². The summed E-state index contributed by atoms with van der Waals surface area (Å²) in [7, 11) is 0. The van der Waals surface area contributed by atoms with Gasteiger partial charge in [-0.15, -0.1) is 0 Å². The van der Waals surface area contributed by atoms with E-state index in [4.69, 9.17) is 11.6 Å². The van der Waals surface area contributed by atoms with Crippen LogP contribution in [0.5, 0.6) is 0 Å². The lowest BCUT2D eigenvalue weighted by molar-refractivity contribution is 0.433. The van der Waals surface area contributed by atoms with E-state index in [0.717, 1.165) is 30.2 Å². The normalized spacial score (nSPS) is 24.5. The minimum absolute atomic E-state index is 0.0842. The highest BCUT2D eigenvalue weighted by molar-refractivity contribution is 6.33. The van der Waals surface area contributed by atoms with Gasteiger partial charge in [-0.1, -0.05) is 23.7 Å². The molecule has 0 saturated carbocycles. The quantitative estimate of drug-likeness (QED) is 0.825. The molecule has 1 aliphatic rings. The van der Waals surface area contributed by atoms with Gasteiger partial charge in [0.15, 0.2) is 0 Å². The van der Waals surface area contributed by atoms with Crippen LogP contribution < -0.4 is 10.2 Å². The number of benzene rings is 1. The van der Waals surface area contributed by atoms with Crippen LogP contribution in [0.1, 0.15) is 27.2 Å². The van der Waals surface area contributed by atoms with Gasteiger partial charge in [-0.05, 0) is 45.9 Å². The smallest absolute Gasteiger partial charge is 0.0639 e. The Morgan fingerprint density at radius 1 is 1.35 bits per heavy atom. The van der Waals surface area contributed by atoms with Gasteiger partial charge in [-0.3, -0.25) is 0 Å². The van der Waals surface area contributed by atoms with Crippen LogP contribution in [0, 0.1) is 0 Å². The molecular weight excluding hydrogens is 232 g/mol. The molecule has 94 valence electrons. The molecule has 0 bridgehead atoms. The summed E-state index contributed by atoms with van der Waals surface area (Å²) in [5.41, 5.74) is 1.23. The Labute approximate surface area is 109 Å². The summed E-state index contributed by atoms with van der Waals surface area (Å²) >= 11 is 6.34. The lowest BCUT2D eigenvalue weighted by atomic mass is 9.99. The van der Waals surface area contributed by atoms with Crippen LogP contribution in [0.4, 0.5) is 5.69 Å². The molecule has 3 heteroatoms. The Morgan fingerprint density at radius 2 is 2.06 bits per heavy atom. The Kier molecular flexibility index (Phi) is 3.64. The molecule has 0 aliphatic carbocycles. The second-order valence-corrected chi connectivity index (χ2v) is 5.86. The minimum atomic E-state index is 0.0842. The van der Waals surface area contributed by atoms with E-state index in [-0.39, 0.29) is 5.54 Å². The Balaban J connectivity index is 2.42. The Hall–Kier alpha value is -0.730. The monoisotopic (exact) mass is 252 g/mol. The van der Waals surface area contributed by atoms with Crippen molar-refractivity contribution in [3.63, 3.8) is 0 Å². The second-order valence-electron chi connectivity index (χ2n) is 5.45. The first kappa shape index (κ1) is 12.7. The van der Waals surface area contributed by atoms with E-state index in [1.165, 1.54) is 0 Å². The molecule has 1 aromatic rings. The molecule has 0 aromatic heterocycles. The van der Waals surface area contributed by atoms with Gasteiger partial charge in [0.05, 0.1) is 10.7 Å². The fourth-order valence-corrected chi connectivity index (χ4v) is 2.95. The predicted molar refractivity (Wildman–Crippen MR) is 75.0 cm³/mol. The first-order chi connectivity index (χ1) is 8.02. The summed E-state index contributed by atoms with van der Waals surface area (Å²) in [5.74, 6) is 0. The fourth-order valence-electron chi connectivity index (χ4n) is 2.73. The molecule has 1 N–H and O–H groups in total. The average molecular weight is 253 g/mol. The topological polar surface area (TPSA) is 15.3 Å². The van der Waals surface area contributed by atoms with Crippen LogP contribution in [-0.2, 0) is 0 Å². The molecule has 0 radical (unpaired) electrons. The highest BCUT2D eigenvalue weighted by Gasteiger charge is 2.33. The zero-order valence-electron chi connectivity index (χ0n) is 10.8. The molecule has 17 heavy (non-hydrogen) atoms. The van der Waals surface area contributed by atoms with Crippen molar-refractivity contribution in [2.24, 2.45) is 0 Å². The molecule has 0 spiro atoms. The van der Waals surface area contributed by atoms with Crippen molar-refractivity contribution in [3.05, 3.63) is 29.3 Å². The lowest BCUT2D eigenvalue weighted by Gasteiger charge is -2.43. The highest BCUT2D eigenvalue weighted by atomic mass is 35.5. The zero-order chi connectivity index (χ0) is 12.5.